The van der Waals surface area contributed by atoms with E-state index in [2.05, 4.69) is 52.0 Å². The van der Waals surface area contributed by atoms with E-state index in [9.17, 15) is 9.59 Å². The molecule has 0 unspecified atom stereocenters. The molecule has 1 aromatic carbocycles. The number of hydrogen-bond acceptors (Lipinski definition) is 5. The van der Waals surface area contributed by atoms with Crippen LogP contribution in [0.2, 0.25) is 0 Å². The summed E-state index contributed by atoms with van der Waals surface area (Å²) in [6, 6.07) is 7.11. The lowest BCUT2D eigenvalue weighted by atomic mass is 9.71. The molecule has 188 valence electrons. The molecule has 35 heavy (non-hydrogen) atoms. The highest BCUT2D eigenvalue weighted by molar-refractivity contribution is 6.02. The Morgan fingerprint density at radius 2 is 1.94 bits per heavy atom. The first-order chi connectivity index (χ1) is 16.7. The number of Topliss-reactive ketones (excluding diaryl/α,β-unsaturated/α-hetero) is 1. The van der Waals surface area contributed by atoms with E-state index in [0.29, 0.717) is 12.5 Å². The molecule has 0 aromatic heterocycles. The van der Waals surface area contributed by atoms with E-state index in [0.717, 1.165) is 74.4 Å². The Hall–Kier alpha value is -2.80. The molecule has 3 aliphatic rings. The Bertz CT molecular complexity index is 1080. The Morgan fingerprint density at radius 1 is 1.23 bits per heavy atom. The lowest BCUT2D eigenvalue weighted by molar-refractivity contribution is -0.136. The van der Waals surface area contributed by atoms with Gasteiger partial charge in [0.2, 0.25) is 5.91 Å². The second-order valence-electron chi connectivity index (χ2n) is 10.5. The minimum Gasteiger partial charge on any atom is -0.353 e. The van der Waals surface area contributed by atoms with E-state index >= 15 is 0 Å². The van der Waals surface area contributed by atoms with Gasteiger partial charge in [0.1, 0.15) is 0 Å². The number of likely N-dealkylation sites (tertiary alicyclic amines) is 1. The smallest absolute Gasteiger partial charge is 0.233 e. The van der Waals surface area contributed by atoms with Gasteiger partial charge in [-0.15, -0.1) is 5.10 Å². The third-order valence-corrected chi connectivity index (χ3v) is 8.45. The second kappa shape index (κ2) is 10.1. The van der Waals surface area contributed by atoms with E-state index < -0.39 is 0 Å². The third-order valence-electron chi connectivity index (χ3n) is 8.45. The van der Waals surface area contributed by atoms with Crippen molar-refractivity contribution in [3.63, 3.8) is 0 Å². The van der Waals surface area contributed by atoms with Gasteiger partial charge in [0.25, 0.3) is 0 Å². The van der Waals surface area contributed by atoms with Crippen LogP contribution >= 0.6 is 0 Å². The third kappa shape index (κ3) is 4.70. The minimum absolute atomic E-state index is 0.0540. The fraction of sp³-hybridized carbons (Fsp3) is 0.571. The summed E-state index contributed by atoms with van der Waals surface area (Å²) in [5.41, 5.74) is 5.06. The fourth-order valence-electron chi connectivity index (χ4n) is 6.22. The molecule has 2 fully saturated rings. The lowest BCUT2D eigenvalue weighted by Crippen LogP contribution is -2.42. The number of benzene rings is 1. The van der Waals surface area contributed by atoms with Crippen LogP contribution in [0.15, 0.2) is 39.7 Å². The zero-order chi connectivity index (χ0) is 25.3. The quantitative estimate of drug-likeness (QED) is 0.332. The van der Waals surface area contributed by atoms with Crippen molar-refractivity contribution in [3.8, 4) is 0 Å². The summed E-state index contributed by atoms with van der Waals surface area (Å²) in [5.74, 6) is 1.17. The van der Waals surface area contributed by atoms with Crippen LogP contribution in [0.1, 0.15) is 76.0 Å². The Labute approximate surface area is 209 Å². The summed E-state index contributed by atoms with van der Waals surface area (Å²) in [6.45, 7) is 11.4. The first kappa shape index (κ1) is 25.3. The summed E-state index contributed by atoms with van der Waals surface area (Å²) >= 11 is 0. The van der Waals surface area contributed by atoms with Gasteiger partial charge in [0.05, 0.1) is 5.41 Å². The summed E-state index contributed by atoms with van der Waals surface area (Å²) in [6.07, 6.45) is 5.50. The fourth-order valence-corrected chi connectivity index (χ4v) is 6.22. The van der Waals surface area contributed by atoms with Crippen LogP contribution in [0.5, 0.6) is 0 Å². The molecule has 4 rings (SSSR count). The molecular weight excluding hydrogens is 438 g/mol. The van der Waals surface area contributed by atoms with Crippen molar-refractivity contribution in [2.45, 2.75) is 78.4 Å². The molecule has 0 N–H and O–H groups in total. The van der Waals surface area contributed by atoms with Gasteiger partial charge in [0, 0.05) is 56.3 Å². The predicted octanol–water partition coefficient (Wildman–Crippen LogP) is 4.36. The number of ketones is 1. The Kier molecular flexibility index (Phi) is 7.27. The van der Waals surface area contributed by atoms with Gasteiger partial charge < -0.3 is 9.80 Å². The maximum Gasteiger partial charge on any atom is 0.233 e. The second-order valence-corrected chi connectivity index (χ2v) is 10.5. The normalized spacial score (nSPS) is 26.1. The zero-order valence-corrected chi connectivity index (χ0v) is 21.9. The predicted molar refractivity (Wildman–Crippen MR) is 140 cm³/mol. The molecule has 1 spiro atoms. The average molecular weight is 478 g/mol. The molecular formula is C28H39N5O2. The lowest BCUT2D eigenvalue weighted by Gasteiger charge is -2.39. The summed E-state index contributed by atoms with van der Waals surface area (Å²) in [7, 11) is 4.22. The first-order valence-electron chi connectivity index (χ1n) is 12.8. The molecule has 1 aliphatic carbocycles. The number of carbonyl (C=O) groups excluding carboxylic acids is 2. The molecule has 2 heterocycles. The van der Waals surface area contributed by atoms with Crippen molar-refractivity contribution < 1.29 is 9.59 Å². The van der Waals surface area contributed by atoms with Crippen molar-refractivity contribution in [1.82, 2.24) is 14.7 Å². The van der Waals surface area contributed by atoms with Gasteiger partial charge in [-0.3, -0.25) is 14.5 Å². The molecule has 1 amide bonds. The molecule has 0 atom stereocenters. The maximum absolute atomic E-state index is 13.5. The zero-order valence-electron chi connectivity index (χ0n) is 21.9. The number of allylic oxidation sites excluding steroid dienone is 2. The standard InChI is InChI=1S/C28H39N5O2/c1-7-25(19(2)20(3)34)33-15-14-28(27(33)35)12-10-23(11-13-28)31(5)17-21-8-9-22-18-32(6)26(30-29-4)24(22)16-21/h8-9,16,23H,4,7,10-15,17-18H2,1-3,5-6H3/b25-19+,30-26-. The van der Waals surface area contributed by atoms with Crippen LogP contribution in [0, 0.1) is 5.41 Å². The van der Waals surface area contributed by atoms with Gasteiger partial charge in [-0.25, -0.2) is 0 Å². The monoisotopic (exact) mass is 477 g/mol. The Morgan fingerprint density at radius 3 is 2.57 bits per heavy atom. The van der Waals surface area contributed by atoms with Gasteiger partial charge in [-0.1, -0.05) is 19.1 Å². The summed E-state index contributed by atoms with van der Waals surface area (Å²) < 4.78 is 0. The van der Waals surface area contributed by atoms with E-state index in [-0.39, 0.29) is 17.1 Å². The van der Waals surface area contributed by atoms with Gasteiger partial charge in [-0.05, 0) is 76.6 Å². The van der Waals surface area contributed by atoms with Crippen molar-refractivity contribution >= 4 is 24.2 Å². The van der Waals surface area contributed by atoms with Crippen LogP contribution in [0.3, 0.4) is 0 Å². The number of nitrogens with zero attached hydrogens (tertiary/aromatic N) is 5. The van der Waals surface area contributed by atoms with E-state index in [4.69, 9.17) is 0 Å². The number of fused-ring (bicyclic) bond motifs is 1. The molecule has 7 nitrogen and oxygen atoms in total. The highest BCUT2D eigenvalue weighted by atomic mass is 16.2. The molecule has 2 aliphatic heterocycles. The molecule has 7 heteroatoms. The number of rotatable bonds is 7. The van der Waals surface area contributed by atoms with Crippen LogP contribution in [-0.4, -0.2) is 65.6 Å². The average Bonchev–Trinajstić information content (AvgIpc) is 3.31. The maximum atomic E-state index is 13.5. The molecule has 0 radical (unpaired) electrons. The van der Waals surface area contributed by atoms with E-state index in [1.165, 1.54) is 11.1 Å². The van der Waals surface area contributed by atoms with Gasteiger partial charge in [0.15, 0.2) is 11.6 Å². The van der Waals surface area contributed by atoms with Crippen molar-refractivity contribution in [2.24, 2.45) is 15.6 Å². The van der Waals surface area contributed by atoms with Crippen LogP contribution < -0.4 is 0 Å². The molecule has 1 saturated carbocycles. The molecule has 1 saturated heterocycles. The van der Waals surface area contributed by atoms with Crippen LogP contribution in [0.4, 0.5) is 0 Å². The Balaban J connectivity index is 1.41. The first-order valence-corrected chi connectivity index (χ1v) is 12.8. The van der Waals surface area contributed by atoms with Crippen molar-refractivity contribution in [3.05, 3.63) is 46.2 Å². The minimum atomic E-state index is -0.254. The molecule has 1 aromatic rings. The number of hydrogen-bond donors (Lipinski definition) is 0. The number of amidine groups is 1. The van der Waals surface area contributed by atoms with Gasteiger partial charge >= 0.3 is 0 Å². The van der Waals surface area contributed by atoms with Crippen molar-refractivity contribution in [2.75, 3.05) is 20.6 Å². The number of amides is 1. The van der Waals surface area contributed by atoms with E-state index in [1.54, 1.807) is 6.92 Å². The van der Waals surface area contributed by atoms with Crippen molar-refractivity contribution in [1.29, 1.82) is 0 Å². The topological polar surface area (TPSA) is 68.6 Å². The van der Waals surface area contributed by atoms with Gasteiger partial charge in [-0.2, -0.15) is 5.10 Å². The SMILES string of the molecule is C=N/N=C1/c2cc(CN(C)C3CCC4(CC3)CCN(/C(CC)=C(\C)C(C)=O)C4=O)ccc2CN1C. The highest BCUT2D eigenvalue weighted by Gasteiger charge is 2.49. The summed E-state index contributed by atoms with van der Waals surface area (Å²) in [4.78, 5) is 31.9. The van der Waals surface area contributed by atoms with Crippen LogP contribution in [0.25, 0.3) is 0 Å². The largest absolute Gasteiger partial charge is 0.353 e. The van der Waals surface area contributed by atoms with Crippen LogP contribution in [-0.2, 0) is 22.7 Å². The molecule has 0 bridgehead atoms. The highest BCUT2D eigenvalue weighted by Crippen LogP contribution is 2.47. The number of carbonyl (C=O) groups is 2. The van der Waals surface area contributed by atoms with E-state index in [1.807, 2.05) is 25.8 Å². The summed E-state index contributed by atoms with van der Waals surface area (Å²) in [5, 5.41) is 7.98.